The number of hydrogen-bond acceptors (Lipinski definition) is 2. The van der Waals surface area contributed by atoms with Gasteiger partial charge in [-0.2, -0.15) is 0 Å². The Morgan fingerprint density at radius 3 is 1.11 bits per heavy atom. The predicted molar refractivity (Wildman–Crippen MR) is 195 cm³/mol. The molecule has 0 aromatic heterocycles. The van der Waals surface area contributed by atoms with Gasteiger partial charge in [0.25, 0.3) is 0 Å². The van der Waals surface area contributed by atoms with Crippen molar-refractivity contribution in [1.29, 1.82) is 0 Å². The summed E-state index contributed by atoms with van der Waals surface area (Å²) < 4.78 is 5.38. The van der Waals surface area contributed by atoms with Gasteiger partial charge in [-0.1, -0.05) is 173 Å². The molecule has 0 aromatic rings. The summed E-state index contributed by atoms with van der Waals surface area (Å²) in [4.78, 5) is 12.0. The Kier molecular flexibility index (Phi) is 30.6. The summed E-state index contributed by atoms with van der Waals surface area (Å²) in [6, 6.07) is 0. The maximum atomic E-state index is 12.0. The molecule has 1 saturated heterocycles. The van der Waals surface area contributed by atoms with Crippen LogP contribution >= 0.6 is 0 Å². The number of hydrogen-bond donors (Lipinski definition) is 0. The van der Waals surface area contributed by atoms with Crippen molar-refractivity contribution in [2.75, 3.05) is 0 Å². The highest BCUT2D eigenvalue weighted by atomic mass is 16.6. The summed E-state index contributed by atoms with van der Waals surface area (Å²) in [5, 5.41) is 0. The van der Waals surface area contributed by atoms with Crippen molar-refractivity contribution in [3.63, 3.8) is 0 Å². The first-order valence-corrected chi connectivity index (χ1v) is 20.0. The van der Waals surface area contributed by atoms with E-state index in [0.29, 0.717) is 0 Å². The third kappa shape index (κ3) is 26.0. The molecule has 1 unspecified atom stereocenters. The highest BCUT2D eigenvalue weighted by Gasteiger charge is 2.36. The van der Waals surface area contributed by atoms with Gasteiger partial charge in [0.15, 0.2) is 0 Å². The molecule has 0 saturated carbocycles. The van der Waals surface area contributed by atoms with Crippen LogP contribution in [-0.2, 0) is 9.53 Å². The molecule has 1 aliphatic rings. The monoisotopic (exact) mass is 613 g/mol. The Morgan fingerprint density at radius 2 is 0.750 bits per heavy atom. The number of allylic oxidation sites excluding steroid dienone is 5. The minimum absolute atomic E-state index is 0.0158. The van der Waals surface area contributed by atoms with E-state index in [9.17, 15) is 4.79 Å². The molecular formula is C42H76O2. The standard InChI is InChI=1S/C42H76O2/c1-3-5-7-9-11-13-15-17-19-21-23-25-27-29-31-33-35-37-39-41-40(42(43)44-41)38-36-34-32-30-28-26-24-22-20-18-16-14-12-10-8-6-4-2/h11-14,39-40H,3-10,15-38H2,1-2H3/b13-11+,14-12+,41-39+. The van der Waals surface area contributed by atoms with E-state index < -0.39 is 0 Å². The molecule has 0 spiro atoms. The van der Waals surface area contributed by atoms with E-state index in [0.717, 1.165) is 18.6 Å². The highest BCUT2D eigenvalue weighted by molar-refractivity contribution is 5.82. The number of carbonyl (C=O) groups excluding carboxylic acids is 1. The van der Waals surface area contributed by atoms with Crippen LogP contribution in [0.3, 0.4) is 0 Å². The van der Waals surface area contributed by atoms with Gasteiger partial charge in [-0.25, -0.2) is 0 Å². The van der Waals surface area contributed by atoms with Gasteiger partial charge in [-0.15, -0.1) is 0 Å². The molecule has 0 aliphatic carbocycles. The molecule has 1 fully saturated rings. The number of carbonyl (C=O) groups is 1. The number of esters is 1. The molecule has 0 amide bonds. The lowest BCUT2D eigenvalue weighted by molar-refractivity contribution is -0.157. The molecule has 1 aliphatic heterocycles. The fraction of sp³-hybridized carbons (Fsp3) is 0.833. The first-order chi connectivity index (χ1) is 21.8. The van der Waals surface area contributed by atoms with Crippen LogP contribution in [0, 0.1) is 5.92 Å². The van der Waals surface area contributed by atoms with Gasteiger partial charge in [0.2, 0.25) is 0 Å². The predicted octanol–water partition coefficient (Wildman–Crippen LogP) is 14.7. The van der Waals surface area contributed by atoms with Gasteiger partial charge in [0.05, 0.1) is 0 Å². The normalized spacial score (nSPS) is 16.0. The van der Waals surface area contributed by atoms with Crippen molar-refractivity contribution in [1.82, 2.24) is 0 Å². The second-order valence-electron chi connectivity index (χ2n) is 13.7. The maximum absolute atomic E-state index is 12.0. The molecule has 0 aromatic carbocycles. The number of unbranched alkanes of at least 4 members (excludes halogenated alkanes) is 27. The van der Waals surface area contributed by atoms with Crippen LogP contribution < -0.4 is 0 Å². The van der Waals surface area contributed by atoms with E-state index in [1.165, 1.54) is 193 Å². The molecule has 0 bridgehead atoms. The Labute approximate surface area is 276 Å². The van der Waals surface area contributed by atoms with E-state index in [-0.39, 0.29) is 11.9 Å². The molecule has 1 atom stereocenters. The average Bonchev–Trinajstić information content (AvgIpc) is 3.03. The lowest BCUT2D eigenvalue weighted by Gasteiger charge is -2.28. The molecule has 2 nitrogen and oxygen atoms in total. The van der Waals surface area contributed by atoms with E-state index in [1.54, 1.807) is 0 Å². The van der Waals surface area contributed by atoms with Crippen molar-refractivity contribution in [2.24, 2.45) is 5.92 Å². The summed E-state index contributed by atoms with van der Waals surface area (Å²) in [5.74, 6) is 1.07. The van der Waals surface area contributed by atoms with Crippen molar-refractivity contribution in [2.45, 2.75) is 219 Å². The number of rotatable bonds is 34. The van der Waals surface area contributed by atoms with Crippen LogP contribution in [0.25, 0.3) is 0 Å². The third-order valence-corrected chi connectivity index (χ3v) is 9.41. The van der Waals surface area contributed by atoms with Crippen LogP contribution in [0.1, 0.15) is 219 Å². The van der Waals surface area contributed by atoms with E-state index in [4.69, 9.17) is 4.74 Å². The summed E-state index contributed by atoms with van der Waals surface area (Å²) in [7, 11) is 0. The zero-order valence-electron chi connectivity index (χ0n) is 29.9. The van der Waals surface area contributed by atoms with Gasteiger partial charge in [-0.05, 0) is 76.7 Å². The molecule has 2 heteroatoms. The maximum Gasteiger partial charge on any atom is 0.321 e. The summed E-state index contributed by atoms with van der Waals surface area (Å²) in [5.41, 5.74) is 0. The van der Waals surface area contributed by atoms with Crippen LogP contribution in [0.2, 0.25) is 0 Å². The van der Waals surface area contributed by atoms with Gasteiger partial charge in [-0.3, -0.25) is 4.79 Å². The summed E-state index contributed by atoms with van der Waals surface area (Å²) in [6.45, 7) is 4.54. The third-order valence-electron chi connectivity index (χ3n) is 9.41. The average molecular weight is 613 g/mol. The van der Waals surface area contributed by atoms with Crippen molar-refractivity contribution < 1.29 is 9.53 Å². The Bertz CT molecular complexity index is 703. The van der Waals surface area contributed by atoms with Crippen LogP contribution in [0.15, 0.2) is 36.1 Å². The largest absolute Gasteiger partial charge is 0.430 e. The van der Waals surface area contributed by atoms with E-state index in [2.05, 4.69) is 44.2 Å². The fourth-order valence-corrected chi connectivity index (χ4v) is 6.35. The van der Waals surface area contributed by atoms with Gasteiger partial charge >= 0.3 is 5.97 Å². The molecule has 256 valence electrons. The lowest BCUT2D eigenvalue weighted by Crippen LogP contribution is -2.32. The molecule has 0 N–H and O–H groups in total. The van der Waals surface area contributed by atoms with E-state index in [1.807, 2.05) is 0 Å². The second kappa shape index (κ2) is 33.1. The van der Waals surface area contributed by atoms with Crippen LogP contribution in [0.5, 0.6) is 0 Å². The molecule has 1 heterocycles. The minimum atomic E-state index is 0.0158. The Morgan fingerprint density at radius 1 is 0.432 bits per heavy atom. The fourth-order valence-electron chi connectivity index (χ4n) is 6.35. The van der Waals surface area contributed by atoms with Crippen LogP contribution in [0.4, 0.5) is 0 Å². The van der Waals surface area contributed by atoms with Gasteiger partial charge in [0.1, 0.15) is 11.7 Å². The topological polar surface area (TPSA) is 26.3 Å². The summed E-state index contributed by atoms with van der Waals surface area (Å²) in [6.07, 6.45) is 54.2. The summed E-state index contributed by atoms with van der Waals surface area (Å²) >= 11 is 0. The van der Waals surface area contributed by atoms with E-state index >= 15 is 0 Å². The van der Waals surface area contributed by atoms with Crippen LogP contribution in [-0.4, -0.2) is 5.97 Å². The zero-order chi connectivity index (χ0) is 31.6. The zero-order valence-corrected chi connectivity index (χ0v) is 29.9. The first-order valence-electron chi connectivity index (χ1n) is 20.0. The Hall–Kier alpha value is -1.31. The quantitative estimate of drug-likeness (QED) is 0.0410. The van der Waals surface area contributed by atoms with Crippen molar-refractivity contribution >= 4 is 5.97 Å². The lowest BCUT2D eigenvalue weighted by atomic mass is 9.93. The van der Waals surface area contributed by atoms with Gasteiger partial charge in [0, 0.05) is 0 Å². The second-order valence-corrected chi connectivity index (χ2v) is 13.7. The molecular weight excluding hydrogens is 536 g/mol. The molecule has 44 heavy (non-hydrogen) atoms. The minimum Gasteiger partial charge on any atom is -0.430 e. The number of cyclic esters (lactones) is 1. The van der Waals surface area contributed by atoms with Gasteiger partial charge < -0.3 is 4.74 Å². The first kappa shape index (κ1) is 40.7. The molecule has 0 radical (unpaired) electrons. The molecule has 1 rings (SSSR count). The smallest absolute Gasteiger partial charge is 0.321 e. The number of ether oxygens (including phenoxy) is 1. The Balaban J connectivity index is 1.84. The van der Waals surface area contributed by atoms with Crippen molar-refractivity contribution in [3.8, 4) is 0 Å². The highest BCUT2D eigenvalue weighted by Crippen LogP contribution is 2.32. The van der Waals surface area contributed by atoms with Crippen molar-refractivity contribution in [3.05, 3.63) is 36.1 Å². The SMILES string of the molecule is CCCCC/C=C/CCCCCCCCCCCC/C=C1/OC(=O)C1CCCCCCCCCCCC/C=C/CCCCC.